The van der Waals surface area contributed by atoms with E-state index in [0.29, 0.717) is 42.8 Å². The van der Waals surface area contributed by atoms with E-state index in [4.69, 9.17) is 14.2 Å². The third-order valence-corrected chi connectivity index (χ3v) is 4.87. The molecule has 0 radical (unpaired) electrons. The minimum Gasteiger partial charge on any atom is -0.496 e. The zero-order chi connectivity index (χ0) is 21.5. The Labute approximate surface area is 198 Å². The first kappa shape index (κ1) is 24.9. The molecule has 0 aliphatic carbocycles. The van der Waals surface area contributed by atoms with Crippen LogP contribution in [0.2, 0.25) is 0 Å². The number of ether oxygens (including phenoxy) is 3. The Balaban J connectivity index is 0.00000341. The van der Waals surface area contributed by atoms with Gasteiger partial charge in [-0.3, -0.25) is 4.99 Å². The maximum atomic E-state index is 12.0. The summed E-state index contributed by atoms with van der Waals surface area (Å²) in [5, 5.41) is 11.2. The minimum absolute atomic E-state index is 0. The number of guanidine groups is 1. The van der Waals surface area contributed by atoms with Crippen molar-refractivity contribution in [1.29, 1.82) is 0 Å². The van der Waals surface area contributed by atoms with Gasteiger partial charge in [0.15, 0.2) is 11.8 Å². The normalized spacial score (nSPS) is 15.5. The van der Waals surface area contributed by atoms with Gasteiger partial charge in [-0.2, -0.15) is 5.10 Å². The van der Waals surface area contributed by atoms with E-state index in [0.717, 1.165) is 24.2 Å². The average molecular weight is 544 g/mol. The number of aliphatic imine (C=N–C) groups is 1. The molecule has 2 heterocycles. The Hall–Kier alpha value is -2.41. The van der Waals surface area contributed by atoms with Crippen molar-refractivity contribution in [2.45, 2.75) is 38.6 Å². The predicted molar refractivity (Wildman–Crippen MR) is 126 cm³/mol. The second kappa shape index (κ2) is 11.8. The highest BCUT2D eigenvalue weighted by Crippen LogP contribution is 2.21. The SMILES string of the molecule is CN=C(NCc1ccc(OC)c(C(=O)OC)c1)NC1CCc2nc(COC)nn2C1.I. The van der Waals surface area contributed by atoms with Gasteiger partial charge in [0.25, 0.3) is 0 Å². The van der Waals surface area contributed by atoms with Crippen LogP contribution in [0, 0.1) is 0 Å². The van der Waals surface area contributed by atoms with Gasteiger partial charge in [-0.15, -0.1) is 24.0 Å². The molecule has 1 unspecified atom stereocenters. The molecular weight excluding hydrogens is 515 g/mol. The standard InChI is InChI=1S/C20H28N6O4.HI/c1-21-20(22-10-13-5-7-16(29-3)15(9-13)19(27)30-4)23-14-6-8-18-24-17(12-28-2)25-26(18)11-14;/h5,7,9,14H,6,8,10-12H2,1-4H3,(H2,21,22,23);1H. The molecule has 3 rings (SSSR count). The molecule has 10 nitrogen and oxygen atoms in total. The van der Waals surface area contributed by atoms with E-state index < -0.39 is 5.97 Å². The lowest BCUT2D eigenvalue weighted by atomic mass is 10.1. The van der Waals surface area contributed by atoms with Gasteiger partial charge in [0.2, 0.25) is 0 Å². The summed E-state index contributed by atoms with van der Waals surface area (Å²) in [4.78, 5) is 20.8. The van der Waals surface area contributed by atoms with Crippen molar-refractivity contribution in [2.75, 3.05) is 28.4 Å². The molecule has 0 amide bonds. The van der Waals surface area contributed by atoms with Crippen LogP contribution in [0.4, 0.5) is 0 Å². The maximum absolute atomic E-state index is 12.0. The highest BCUT2D eigenvalue weighted by atomic mass is 127. The van der Waals surface area contributed by atoms with E-state index in [1.54, 1.807) is 26.3 Å². The van der Waals surface area contributed by atoms with Crippen LogP contribution in [0.3, 0.4) is 0 Å². The number of benzene rings is 1. The van der Waals surface area contributed by atoms with Crippen LogP contribution in [0.25, 0.3) is 0 Å². The van der Waals surface area contributed by atoms with E-state index >= 15 is 0 Å². The first-order chi connectivity index (χ1) is 14.6. The number of aryl methyl sites for hydroxylation is 1. The summed E-state index contributed by atoms with van der Waals surface area (Å²) in [6.07, 6.45) is 1.77. The molecule has 1 aromatic heterocycles. The van der Waals surface area contributed by atoms with E-state index in [1.807, 2.05) is 10.7 Å². The van der Waals surface area contributed by atoms with Crippen LogP contribution in [-0.2, 0) is 35.6 Å². The van der Waals surface area contributed by atoms with Gasteiger partial charge in [0.05, 0.1) is 20.8 Å². The summed E-state index contributed by atoms with van der Waals surface area (Å²) in [5.41, 5.74) is 1.30. The van der Waals surface area contributed by atoms with Crippen molar-refractivity contribution < 1.29 is 19.0 Å². The van der Waals surface area contributed by atoms with Crippen LogP contribution in [0.5, 0.6) is 5.75 Å². The van der Waals surface area contributed by atoms with Crippen molar-refractivity contribution >= 4 is 35.9 Å². The van der Waals surface area contributed by atoms with Gasteiger partial charge < -0.3 is 24.8 Å². The number of nitrogens with one attached hydrogen (secondary N) is 2. The lowest BCUT2D eigenvalue weighted by Gasteiger charge is -2.25. The quantitative estimate of drug-likeness (QED) is 0.234. The molecular formula is C20H29IN6O4. The number of carbonyl (C=O) groups is 1. The number of methoxy groups -OCH3 is 3. The Morgan fingerprint density at radius 2 is 2.13 bits per heavy atom. The van der Waals surface area contributed by atoms with Crippen LogP contribution >= 0.6 is 24.0 Å². The monoisotopic (exact) mass is 544 g/mol. The fraction of sp³-hybridized carbons (Fsp3) is 0.500. The summed E-state index contributed by atoms with van der Waals surface area (Å²) in [7, 11) is 6.23. The molecule has 2 aromatic rings. The van der Waals surface area contributed by atoms with Gasteiger partial charge in [0.1, 0.15) is 23.7 Å². The zero-order valence-corrected chi connectivity index (χ0v) is 20.5. The number of fused-ring (bicyclic) bond motifs is 1. The van der Waals surface area contributed by atoms with Crippen LogP contribution in [-0.4, -0.2) is 61.1 Å². The molecule has 1 aromatic carbocycles. The lowest BCUT2D eigenvalue weighted by molar-refractivity contribution is 0.0597. The number of esters is 1. The summed E-state index contributed by atoms with van der Waals surface area (Å²) in [6.45, 7) is 1.62. The second-order valence-corrected chi connectivity index (χ2v) is 6.89. The Morgan fingerprint density at radius 1 is 1.32 bits per heavy atom. The van der Waals surface area contributed by atoms with Gasteiger partial charge >= 0.3 is 5.97 Å². The van der Waals surface area contributed by atoms with Crippen molar-refractivity contribution in [3.8, 4) is 5.75 Å². The molecule has 0 fully saturated rings. The van der Waals surface area contributed by atoms with Crippen molar-refractivity contribution in [3.05, 3.63) is 41.0 Å². The lowest BCUT2D eigenvalue weighted by Crippen LogP contribution is -2.46. The predicted octanol–water partition coefficient (Wildman–Crippen LogP) is 1.52. The number of carbonyl (C=O) groups excluding carboxylic acids is 1. The van der Waals surface area contributed by atoms with Gasteiger partial charge in [-0.05, 0) is 24.1 Å². The molecule has 1 aliphatic heterocycles. The number of rotatable bonds is 7. The molecule has 0 bridgehead atoms. The fourth-order valence-electron chi connectivity index (χ4n) is 3.38. The number of hydrogen-bond acceptors (Lipinski definition) is 7. The van der Waals surface area contributed by atoms with E-state index in [9.17, 15) is 4.79 Å². The van der Waals surface area contributed by atoms with Gasteiger partial charge in [0, 0.05) is 33.2 Å². The fourth-order valence-corrected chi connectivity index (χ4v) is 3.38. The average Bonchev–Trinajstić information content (AvgIpc) is 3.17. The van der Waals surface area contributed by atoms with E-state index in [-0.39, 0.29) is 30.0 Å². The molecule has 2 N–H and O–H groups in total. The zero-order valence-electron chi connectivity index (χ0n) is 18.2. The van der Waals surface area contributed by atoms with Gasteiger partial charge in [-0.25, -0.2) is 14.5 Å². The van der Waals surface area contributed by atoms with Crippen molar-refractivity contribution in [2.24, 2.45) is 4.99 Å². The van der Waals surface area contributed by atoms with Crippen molar-refractivity contribution in [3.63, 3.8) is 0 Å². The molecule has 0 saturated heterocycles. The van der Waals surface area contributed by atoms with E-state index in [2.05, 4.69) is 25.7 Å². The minimum atomic E-state index is -0.435. The number of halogens is 1. The molecule has 0 saturated carbocycles. The molecule has 31 heavy (non-hydrogen) atoms. The molecule has 1 aliphatic rings. The highest BCUT2D eigenvalue weighted by molar-refractivity contribution is 14.0. The highest BCUT2D eigenvalue weighted by Gasteiger charge is 2.22. The van der Waals surface area contributed by atoms with Crippen LogP contribution < -0.4 is 15.4 Å². The topological polar surface area (TPSA) is 112 Å². The summed E-state index contributed by atoms with van der Waals surface area (Å²) < 4.78 is 17.1. The summed E-state index contributed by atoms with van der Waals surface area (Å²) in [6, 6.07) is 5.59. The smallest absolute Gasteiger partial charge is 0.341 e. The van der Waals surface area contributed by atoms with Gasteiger partial charge in [-0.1, -0.05) is 6.07 Å². The number of aromatic nitrogens is 3. The van der Waals surface area contributed by atoms with Crippen LogP contribution in [0.1, 0.15) is 34.0 Å². The number of nitrogens with zero attached hydrogens (tertiary/aromatic N) is 4. The Kier molecular flexibility index (Phi) is 9.49. The molecule has 0 spiro atoms. The Bertz CT molecular complexity index is 917. The molecule has 170 valence electrons. The van der Waals surface area contributed by atoms with E-state index in [1.165, 1.54) is 14.2 Å². The second-order valence-electron chi connectivity index (χ2n) is 6.89. The summed E-state index contributed by atoms with van der Waals surface area (Å²) >= 11 is 0. The Morgan fingerprint density at radius 3 is 2.81 bits per heavy atom. The van der Waals surface area contributed by atoms with Crippen molar-refractivity contribution in [1.82, 2.24) is 25.4 Å². The first-order valence-electron chi connectivity index (χ1n) is 9.71. The molecule has 11 heteroatoms. The summed E-state index contributed by atoms with van der Waals surface area (Å²) in [5.74, 6) is 2.41. The molecule has 1 atom stereocenters. The number of hydrogen-bond donors (Lipinski definition) is 2. The maximum Gasteiger partial charge on any atom is 0.341 e. The largest absolute Gasteiger partial charge is 0.496 e. The first-order valence-corrected chi connectivity index (χ1v) is 9.71. The third kappa shape index (κ3) is 6.29. The van der Waals surface area contributed by atoms with Crippen LogP contribution in [0.15, 0.2) is 23.2 Å². The third-order valence-electron chi connectivity index (χ3n) is 4.87.